The van der Waals surface area contributed by atoms with Gasteiger partial charge in [-0.25, -0.2) is 0 Å². The zero-order chi connectivity index (χ0) is 9.32. The van der Waals surface area contributed by atoms with Crippen molar-refractivity contribution in [2.24, 2.45) is 22.2 Å². The Bertz CT molecular complexity index is 235. The second-order valence-electron chi connectivity index (χ2n) is 6.81. The second kappa shape index (κ2) is 1.99. The zero-order valence-corrected chi connectivity index (χ0v) is 9.32. The number of hydrogen-bond donors (Lipinski definition) is 0. The van der Waals surface area contributed by atoms with Gasteiger partial charge in [-0.05, 0) is 54.3 Å². The molecular formula is C13H22. The van der Waals surface area contributed by atoms with Gasteiger partial charge in [0.1, 0.15) is 0 Å². The molecule has 0 spiro atoms. The molecule has 13 heavy (non-hydrogen) atoms. The van der Waals surface area contributed by atoms with Gasteiger partial charge in [0.05, 0.1) is 0 Å². The lowest BCUT2D eigenvalue weighted by Crippen LogP contribution is -2.28. The Morgan fingerprint density at radius 1 is 1.00 bits per heavy atom. The highest BCUT2D eigenvalue weighted by Gasteiger charge is 2.66. The summed E-state index contributed by atoms with van der Waals surface area (Å²) < 4.78 is 0. The Balaban J connectivity index is 2.06. The standard InChI is InChI=1S/C13H22/c1-4-13-7-10-5-11(2,8-13)12(3,6-10)9-13/h10H,4-9H2,1-3H3. The van der Waals surface area contributed by atoms with Crippen LogP contribution in [0, 0.1) is 22.2 Å². The summed E-state index contributed by atoms with van der Waals surface area (Å²) in [4.78, 5) is 0. The molecule has 0 aromatic heterocycles. The molecule has 0 aromatic carbocycles. The maximum Gasteiger partial charge on any atom is -0.0264 e. The molecule has 0 radical (unpaired) electrons. The summed E-state index contributed by atoms with van der Waals surface area (Å²) in [5.41, 5.74) is 2.24. The van der Waals surface area contributed by atoms with Crippen molar-refractivity contribution in [3.05, 3.63) is 0 Å². The van der Waals surface area contributed by atoms with E-state index in [0.717, 1.165) is 22.2 Å². The van der Waals surface area contributed by atoms with Crippen LogP contribution in [0.3, 0.4) is 0 Å². The van der Waals surface area contributed by atoms with Gasteiger partial charge in [-0.2, -0.15) is 0 Å². The number of rotatable bonds is 1. The van der Waals surface area contributed by atoms with Gasteiger partial charge in [0.25, 0.3) is 0 Å². The average molecular weight is 178 g/mol. The SMILES string of the molecule is CCC12CC3CC(C)(C1)C(C)(C3)C2. The fourth-order valence-electron chi connectivity index (χ4n) is 5.42. The van der Waals surface area contributed by atoms with Crippen LogP contribution in [0.4, 0.5) is 0 Å². The molecule has 2 atom stereocenters. The minimum Gasteiger partial charge on any atom is -0.0649 e. The van der Waals surface area contributed by atoms with Crippen molar-refractivity contribution in [3.8, 4) is 0 Å². The van der Waals surface area contributed by atoms with Gasteiger partial charge in [0, 0.05) is 0 Å². The lowest BCUT2D eigenvalue weighted by atomic mass is 9.66. The van der Waals surface area contributed by atoms with E-state index in [9.17, 15) is 0 Å². The van der Waals surface area contributed by atoms with Gasteiger partial charge in [0.15, 0.2) is 0 Å². The van der Waals surface area contributed by atoms with E-state index in [2.05, 4.69) is 20.8 Å². The second-order valence-corrected chi connectivity index (χ2v) is 6.81. The highest BCUT2D eigenvalue weighted by molar-refractivity contribution is 5.16. The molecule has 0 saturated heterocycles. The summed E-state index contributed by atoms with van der Waals surface area (Å²) >= 11 is 0. The topological polar surface area (TPSA) is 0 Å². The molecule has 0 nitrogen and oxygen atoms in total. The summed E-state index contributed by atoms with van der Waals surface area (Å²) in [5.74, 6) is 1.09. The first-order valence-corrected chi connectivity index (χ1v) is 6.01. The van der Waals surface area contributed by atoms with E-state index in [1.165, 1.54) is 6.42 Å². The molecule has 0 amide bonds. The van der Waals surface area contributed by atoms with E-state index >= 15 is 0 Å². The Kier molecular flexibility index (Phi) is 1.27. The molecule has 4 rings (SSSR count). The third-order valence-electron chi connectivity index (χ3n) is 5.94. The maximum atomic E-state index is 2.57. The molecule has 4 aliphatic carbocycles. The molecule has 4 bridgehead atoms. The van der Waals surface area contributed by atoms with Gasteiger partial charge in [-0.3, -0.25) is 0 Å². The van der Waals surface area contributed by atoms with Crippen molar-refractivity contribution in [1.29, 1.82) is 0 Å². The number of hydrogen-bond acceptors (Lipinski definition) is 0. The van der Waals surface area contributed by atoms with Crippen LogP contribution >= 0.6 is 0 Å². The van der Waals surface area contributed by atoms with Crippen LogP contribution in [-0.2, 0) is 0 Å². The first-order valence-electron chi connectivity index (χ1n) is 6.01. The van der Waals surface area contributed by atoms with Gasteiger partial charge < -0.3 is 0 Å². The van der Waals surface area contributed by atoms with E-state index < -0.39 is 0 Å². The molecule has 4 fully saturated rings. The lowest BCUT2D eigenvalue weighted by Gasteiger charge is -2.39. The van der Waals surface area contributed by atoms with Crippen molar-refractivity contribution in [1.82, 2.24) is 0 Å². The van der Waals surface area contributed by atoms with Gasteiger partial charge >= 0.3 is 0 Å². The minimum atomic E-state index is 0.728. The molecule has 0 N–H and O–H groups in total. The van der Waals surface area contributed by atoms with Crippen LogP contribution in [0.5, 0.6) is 0 Å². The van der Waals surface area contributed by atoms with Gasteiger partial charge in [0.2, 0.25) is 0 Å². The van der Waals surface area contributed by atoms with Crippen molar-refractivity contribution in [2.75, 3.05) is 0 Å². The van der Waals surface area contributed by atoms with E-state index in [4.69, 9.17) is 0 Å². The van der Waals surface area contributed by atoms with E-state index in [0.29, 0.717) is 0 Å². The van der Waals surface area contributed by atoms with Crippen LogP contribution in [-0.4, -0.2) is 0 Å². The Morgan fingerprint density at radius 3 is 1.92 bits per heavy atom. The molecule has 74 valence electrons. The lowest BCUT2D eigenvalue weighted by molar-refractivity contribution is 0.115. The Labute approximate surface area is 82.1 Å². The van der Waals surface area contributed by atoms with E-state index in [-0.39, 0.29) is 0 Å². The van der Waals surface area contributed by atoms with Gasteiger partial charge in [-0.15, -0.1) is 0 Å². The Morgan fingerprint density at radius 2 is 1.54 bits per heavy atom. The smallest absolute Gasteiger partial charge is 0.0264 e. The monoisotopic (exact) mass is 178 g/mol. The fourth-order valence-corrected chi connectivity index (χ4v) is 5.42. The first-order chi connectivity index (χ1) is 6.01. The first kappa shape index (κ1) is 8.32. The van der Waals surface area contributed by atoms with Crippen molar-refractivity contribution in [3.63, 3.8) is 0 Å². The van der Waals surface area contributed by atoms with Crippen LogP contribution in [0.25, 0.3) is 0 Å². The van der Waals surface area contributed by atoms with Crippen molar-refractivity contribution in [2.45, 2.75) is 59.3 Å². The van der Waals surface area contributed by atoms with Crippen LogP contribution < -0.4 is 0 Å². The van der Waals surface area contributed by atoms with Crippen LogP contribution in [0.2, 0.25) is 0 Å². The minimum absolute atomic E-state index is 0.728. The molecule has 4 aliphatic rings. The maximum absolute atomic E-state index is 2.57. The third kappa shape index (κ3) is 0.789. The molecular weight excluding hydrogens is 156 g/mol. The van der Waals surface area contributed by atoms with Crippen LogP contribution in [0.1, 0.15) is 59.3 Å². The summed E-state index contributed by atoms with van der Waals surface area (Å²) in [7, 11) is 0. The van der Waals surface area contributed by atoms with E-state index in [1.807, 2.05) is 0 Å². The zero-order valence-electron chi connectivity index (χ0n) is 9.32. The van der Waals surface area contributed by atoms with Gasteiger partial charge in [-0.1, -0.05) is 27.2 Å². The highest BCUT2D eigenvalue weighted by Crippen LogP contribution is 2.76. The molecule has 0 heterocycles. The highest BCUT2D eigenvalue weighted by atomic mass is 14.7. The van der Waals surface area contributed by atoms with E-state index in [1.54, 1.807) is 32.1 Å². The molecule has 2 unspecified atom stereocenters. The predicted molar refractivity (Wildman–Crippen MR) is 55.5 cm³/mol. The van der Waals surface area contributed by atoms with Crippen LogP contribution in [0.15, 0.2) is 0 Å². The largest absolute Gasteiger partial charge is 0.0649 e. The molecule has 4 saturated carbocycles. The third-order valence-corrected chi connectivity index (χ3v) is 5.94. The molecule has 0 heteroatoms. The summed E-state index contributed by atoms with van der Waals surface area (Å²) in [6.45, 7) is 7.56. The quantitative estimate of drug-likeness (QED) is 0.569. The van der Waals surface area contributed by atoms with Crippen molar-refractivity contribution < 1.29 is 0 Å². The Hall–Kier alpha value is 0. The fraction of sp³-hybridized carbons (Fsp3) is 1.00. The molecule has 0 aromatic rings. The summed E-state index contributed by atoms with van der Waals surface area (Å²) in [6, 6.07) is 0. The summed E-state index contributed by atoms with van der Waals surface area (Å²) in [5, 5.41) is 0. The van der Waals surface area contributed by atoms with Crippen molar-refractivity contribution >= 4 is 0 Å². The summed E-state index contributed by atoms with van der Waals surface area (Å²) in [6.07, 6.45) is 9.19. The molecule has 0 aliphatic heterocycles. The normalized spacial score (nSPS) is 63.5. The predicted octanol–water partition coefficient (Wildman–Crippen LogP) is 4.00. The average Bonchev–Trinajstić information content (AvgIpc) is 2.26.